The molecule has 30 heavy (non-hydrogen) atoms. The number of aryl methyl sites for hydroxylation is 2. The molecule has 3 aromatic rings. The van der Waals surface area contributed by atoms with Crippen LogP contribution in [-0.4, -0.2) is 20.4 Å². The summed E-state index contributed by atoms with van der Waals surface area (Å²) >= 11 is 0. The van der Waals surface area contributed by atoms with Crippen molar-refractivity contribution in [1.82, 2.24) is 4.72 Å². The van der Waals surface area contributed by atoms with Crippen LogP contribution in [0.2, 0.25) is 0 Å². The minimum Gasteiger partial charge on any atom is -0.325 e. The molecule has 0 radical (unpaired) electrons. The Morgan fingerprint density at radius 2 is 1.50 bits per heavy atom. The van der Waals surface area contributed by atoms with E-state index in [9.17, 15) is 13.2 Å². The van der Waals surface area contributed by atoms with E-state index in [1.165, 1.54) is 0 Å². The van der Waals surface area contributed by atoms with Crippen LogP contribution in [0.3, 0.4) is 0 Å². The van der Waals surface area contributed by atoms with Crippen LogP contribution in [0.5, 0.6) is 0 Å². The van der Waals surface area contributed by atoms with Gasteiger partial charge in [-0.05, 0) is 55.2 Å². The summed E-state index contributed by atoms with van der Waals surface area (Å²) in [7, 11) is -3.86. The number of hydrogen-bond acceptors (Lipinski definition) is 3. The van der Waals surface area contributed by atoms with Crippen LogP contribution in [-0.2, 0) is 27.7 Å². The molecule has 0 saturated heterocycles. The summed E-state index contributed by atoms with van der Waals surface area (Å²) in [4.78, 5) is 13.1. The van der Waals surface area contributed by atoms with Gasteiger partial charge in [-0.15, -0.1) is 0 Å². The number of anilines is 1. The first-order valence-corrected chi connectivity index (χ1v) is 11.4. The Hall–Kier alpha value is -2.96. The zero-order valence-electron chi connectivity index (χ0n) is 17.1. The van der Waals surface area contributed by atoms with Gasteiger partial charge in [-0.2, -0.15) is 4.72 Å². The lowest BCUT2D eigenvalue weighted by molar-refractivity contribution is -0.117. The minimum absolute atomic E-state index is 0.131. The maximum atomic E-state index is 13.0. The molecule has 3 aromatic carbocycles. The standard InChI is InChI=1S/C24H26N2O3S/c1-3-19-11-13-21(14-12-19)25-24(27)23(17-20-7-5-4-6-8-20)26-30(28,29)22-15-9-18(2)10-16-22/h4-16,23,26H,3,17H2,1-2H3,(H,25,27)/t23-/m1/s1. The first-order valence-electron chi connectivity index (χ1n) is 9.90. The van der Waals surface area contributed by atoms with Crippen molar-refractivity contribution in [3.8, 4) is 0 Å². The summed E-state index contributed by atoms with van der Waals surface area (Å²) in [6.45, 7) is 3.95. The van der Waals surface area contributed by atoms with E-state index in [1.54, 1.807) is 24.3 Å². The molecule has 2 N–H and O–H groups in total. The Kier molecular flexibility index (Phi) is 7.03. The summed E-state index contributed by atoms with van der Waals surface area (Å²) < 4.78 is 28.4. The molecule has 5 nitrogen and oxygen atoms in total. The fourth-order valence-electron chi connectivity index (χ4n) is 3.06. The predicted octanol–water partition coefficient (Wildman–Crippen LogP) is 4.09. The van der Waals surface area contributed by atoms with Gasteiger partial charge in [0.1, 0.15) is 6.04 Å². The highest BCUT2D eigenvalue weighted by molar-refractivity contribution is 7.89. The van der Waals surface area contributed by atoms with Crippen molar-refractivity contribution >= 4 is 21.6 Å². The maximum Gasteiger partial charge on any atom is 0.242 e. The van der Waals surface area contributed by atoms with Gasteiger partial charge in [0, 0.05) is 5.69 Å². The normalized spacial score (nSPS) is 12.3. The molecule has 0 aliphatic carbocycles. The Bertz CT molecular complexity index is 1080. The topological polar surface area (TPSA) is 75.3 Å². The number of carbonyl (C=O) groups is 1. The number of sulfonamides is 1. The van der Waals surface area contributed by atoms with Crippen LogP contribution in [0.25, 0.3) is 0 Å². The molecule has 0 bridgehead atoms. The van der Waals surface area contributed by atoms with Crippen molar-refractivity contribution in [2.75, 3.05) is 5.32 Å². The van der Waals surface area contributed by atoms with Crippen molar-refractivity contribution < 1.29 is 13.2 Å². The van der Waals surface area contributed by atoms with E-state index in [0.717, 1.165) is 23.1 Å². The van der Waals surface area contributed by atoms with Crippen LogP contribution >= 0.6 is 0 Å². The first kappa shape index (κ1) is 21.7. The van der Waals surface area contributed by atoms with Gasteiger partial charge in [-0.1, -0.05) is 67.1 Å². The average molecular weight is 423 g/mol. The van der Waals surface area contributed by atoms with Crippen molar-refractivity contribution in [2.24, 2.45) is 0 Å². The lowest BCUT2D eigenvalue weighted by Gasteiger charge is -2.19. The molecule has 3 rings (SSSR count). The SMILES string of the molecule is CCc1ccc(NC(=O)[C@@H](Cc2ccccc2)NS(=O)(=O)c2ccc(C)cc2)cc1. The fraction of sp³-hybridized carbons (Fsp3) is 0.208. The Morgan fingerprint density at radius 1 is 0.867 bits per heavy atom. The molecule has 0 heterocycles. The average Bonchev–Trinajstić information content (AvgIpc) is 2.74. The van der Waals surface area contributed by atoms with Crippen LogP contribution in [0.4, 0.5) is 5.69 Å². The quantitative estimate of drug-likeness (QED) is 0.574. The highest BCUT2D eigenvalue weighted by Gasteiger charge is 2.26. The van der Waals surface area contributed by atoms with Gasteiger partial charge >= 0.3 is 0 Å². The van der Waals surface area contributed by atoms with E-state index >= 15 is 0 Å². The zero-order valence-corrected chi connectivity index (χ0v) is 17.9. The van der Waals surface area contributed by atoms with Gasteiger partial charge in [-0.25, -0.2) is 8.42 Å². The van der Waals surface area contributed by atoms with E-state index in [-0.39, 0.29) is 11.3 Å². The van der Waals surface area contributed by atoms with Gasteiger partial charge in [0.25, 0.3) is 0 Å². The van der Waals surface area contributed by atoms with E-state index in [0.29, 0.717) is 5.69 Å². The highest BCUT2D eigenvalue weighted by atomic mass is 32.2. The molecule has 0 saturated carbocycles. The molecule has 0 aromatic heterocycles. The zero-order chi connectivity index (χ0) is 21.6. The second kappa shape index (κ2) is 9.69. The van der Waals surface area contributed by atoms with Crippen LogP contribution in [0.1, 0.15) is 23.6 Å². The number of nitrogens with one attached hydrogen (secondary N) is 2. The molecule has 0 unspecified atom stereocenters. The summed E-state index contributed by atoms with van der Waals surface area (Å²) in [5, 5.41) is 2.83. The molecule has 6 heteroatoms. The lowest BCUT2D eigenvalue weighted by atomic mass is 10.1. The van der Waals surface area contributed by atoms with Crippen LogP contribution < -0.4 is 10.0 Å². The van der Waals surface area contributed by atoms with E-state index in [1.807, 2.05) is 61.5 Å². The summed E-state index contributed by atoms with van der Waals surface area (Å²) in [6, 6.07) is 22.5. The van der Waals surface area contributed by atoms with Crippen LogP contribution in [0.15, 0.2) is 83.8 Å². The van der Waals surface area contributed by atoms with Crippen LogP contribution in [0, 0.1) is 6.92 Å². The number of hydrogen-bond donors (Lipinski definition) is 2. The Morgan fingerprint density at radius 3 is 2.10 bits per heavy atom. The minimum atomic E-state index is -3.86. The van der Waals surface area contributed by atoms with Gasteiger partial charge in [0.15, 0.2) is 0 Å². The monoisotopic (exact) mass is 422 g/mol. The third kappa shape index (κ3) is 5.78. The van der Waals surface area contributed by atoms with Crippen molar-refractivity contribution in [2.45, 2.75) is 37.6 Å². The molecule has 0 aliphatic heterocycles. The molecular formula is C24H26N2O3S. The highest BCUT2D eigenvalue weighted by Crippen LogP contribution is 2.15. The third-order valence-electron chi connectivity index (χ3n) is 4.86. The third-order valence-corrected chi connectivity index (χ3v) is 6.35. The molecular weight excluding hydrogens is 396 g/mol. The van der Waals surface area contributed by atoms with Crippen molar-refractivity contribution in [3.63, 3.8) is 0 Å². The molecule has 0 fully saturated rings. The number of benzene rings is 3. The van der Waals surface area contributed by atoms with E-state index < -0.39 is 22.0 Å². The molecule has 1 amide bonds. The van der Waals surface area contributed by atoms with Gasteiger partial charge in [0.2, 0.25) is 15.9 Å². The first-order chi connectivity index (χ1) is 14.4. The van der Waals surface area contributed by atoms with E-state index in [4.69, 9.17) is 0 Å². The second-order valence-corrected chi connectivity index (χ2v) is 8.93. The van der Waals surface area contributed by atoms with Gasteiger partial charge in [-0.3, -0.25) is 4.79 Å². The molecule has 156 valence electrons. The molecule has 0 aliphatic rings. The lowest BCUT2D eigenvalue weighted by Crippen LogP contribution is -2.45. The second-order valence-electron chi connectivity index (χ2n) is 7.22. The van der Waals surface area contributed by atoms with E-state index in [2.05, 4.69) is 17.0 Å². The number of rotatable bonds is 8. The van der Waals surface area contributed by atoms with Crippen molar-refractivity contribution in [3.05, 3.63) is 95.6 Å². The summed E-state index contributed by atoms with van der Waals surface area (Å²) in [5.74, 6) is -0.404. The number of amides is 1. The van der Waals surface area contributed by atoms with Gasteiger partial charge < -0.3 is 5.32 Å². The smallest absolute Gasteiger partial charge is 0.242 e. The van der Waals surface area contributed by atoms with Gasteiger partial charge in [0.05, 0.1) is 4.90 Å². The fourth-order valence-corrected chi connectivity index (χ4v) is 4.26. The largest absolute Gasteiger partial charge is 0.325 e. The Balaban J connectivity index is 1.83. The molecule has 1 atom stereocenters. The maximum absolute atomic E-state index is 13.0. The Labute approximate surface area is 178 Å². The number of carbonyl (C=O) groups excluding carboxylic acids is 1. The summed E-state index contributed by atoms with van der Waals surface area (Å²) in [5.41, 5.74) is 3.62. The summed E-state index contributed by atoms with van der Waals surface area (Å²) in [6.07, 6.45) is 1.14. The molecule has 0 spiro atoms. The van der Waals surface area contributed by atoms with Crippen molar-refractivity contribution in [1.29, 1.82) is 0 Å². The predicted molar refractivity (Wildman–Crippen MR) is 120 cm³/mol.